The molecular formula is C13H20N2. The van der Waals surface area contributed by atoms with Gasteiger partial charge in [-0.2, -0.15) is 0 Å². The van der Waals surface area contributed by atoms with Crippen LogP contribution in [0.4, 0.5) is 0 Å². The van der Waals surface area contributed by atoms with Crippen molar-refractivity contribution in [2.24, 2.45) is 0 Å². The predicted octanol–water partition coefficient (Wildman–Crippen LogP) is 2.50. The summed E-state index contributed by atoms with van der Waals surface area (Å²) in [5, 5.41) is 0. The third kappa shape index (κ3) is 2.57. The molecule has 0 amide bonds. The standard InChI is InChI=1S/C13H20N2/c1-11(2)15-9-5-7-13(15)10-12-6-3-4-8-14-12/h3-4,6,8,11,13H,5,7,9-10H2,1-2H3. The van der Waals surface area contributed by atoms with Gasteiger partial charge in [0.25, 0.3) is 0 Å². The van der Waals surface area contributed by atoms with Crippen LogP contribution in [0.25, 0.3) is 0 Å². The average molecular weight is 204 g/mol. The topological polar surface area (TPSA) is 16.1 Å². The summed E-state index contributed by atoms with van der Waals surface area (Å²) in [6.45, 7) is 5.84. The Morgan fingerprint density at radius 2 is 2.33 bits per heavy atom. The predicted molar refractivity (Wildman–Crippen MR) is 62.8 cm³/mol. The molecule has 1 aliphatic heterocycles. The van der Waals surface area contributed by atoms with Crippen molar-refractivity contribution in [3.63, 3.8) is 0 Å². The minimum Gasteiger partial charge on any atom is -0.298 e. The molecule has 0 bridgehead atoms. The van der Waals surface area contributed by atoms with Gasteiger partial charge in [-0.1, -0.05) is 6.07 Å². The number of hydrogen-bond acceptors (Lipinski definition) is 2. The van der Waals surface area contributed by atoms with Crippen LogP contribution in [-0.4, -0.2) is 28.5 Å². The van der Waals surface area contributed by atoms with Gasteiger partial charge in [0.15, 0.2) is 0 Å². The largest absolute Gasteiger partial charge is 0.298 e. The molecule has 2 nitrogen and oxygen atoms in total. The molecule has 1 saturated heterocycles. The summed E-state index contributed by atoms with van der Waals surface area (Å²) >= 11 is 0. The van der Waals surface area contributed by atoms with Gasteiger partial charge in [-0.15, -0.1) is 0 Å². The first-order valence-electron chi connectivity index (χ1n) is 5.93. The van der Waals surface area contributed by atoms with Gasteiger partial charge in [-0.25, -0.2) is 0 Å². The summed E-state index contributed by atoms with van der Waals surface area (Å²) in [5.41, 5.74) is 1.23. The summed E-state index contributed by atoms with van der Waals surface area (Å²) in [4.78, 5) is 7.02. The van der Waals surface area contributed by atoms with Gasteiger partial charge in [0, 0.05) is 30.4 Å². The van der Waals surface area contributed by atoms with E-state index in [2.05, 4.69) is 35.9 Å². The van der Waals surface area contributed by atoms with E-state index in [-0.39, 0.29) is 0 Å². The SMILES string of the molecule is CC(C)N1CCCC1Cc1ccccn1. The molecule has 0 spiro atoms. The van der Waals surface area contributed by atoms with E-state index in [9.17, 15) is 0 Å². The molecule has 82 valence electrons. The van der Waals surface area contributed by atoms with Crippen molar-refractivity contribution in [1.29, 1.82) is 0 Å². The Balaban J connectivity index is 2.00. The summed E-state index contributed by atoms with van der Waals surface area (Å²) in [7, 11) is 0. The Morgan fingerprint density at radius 3 is 3.00 bits per heavy atom. The van der Waals surface area contributed by atoms with Crippen molar-refractivity contribution in [1.82, 2.24) is 9.88 Å². The maximum absolute atomic E-state index is 4.41. The molecule has 1 unspecified atom stereocenters. The normalized spacial score (nSPS) is 22.5. The summed E-state index contributed by atoms with van der Waals surface area (Å²) in [6, 6.07) is 7.58. The van der Waals surface area contributed by atoms with Gasteiger partial charge in [0.2, 0.25) is 0 Å². The monoisotopic (exact) mass is 204 g/mol. The molecule has 2 rings (SSSR count). The van der Waals surface area contributed by atoms with Crippen molar-refractivity contribution in [3.05, 3.63) is 30.1 Å². The van der Waals surface area contributed by atoms with Crippen molar-refractivity contribution in [3.8, 4) is 0 Å². The van der Waals surface area contributed by atoms with Crippen LogP contribution < -0.4 is 0 Å². The molecule has 0 radical (unpaired) electrons. The lowest BCUT2D eigenvalue weighted by molar-refractivity contribution is 0.202. The fourth-order valence-corrected chi connectivity index (χ4v) is 2.52. The van der Waals surface area contributed by atoms with Crippen molar-refractivity contribution < 1.29 is 0 Å². The van der Waals surface area contributed by atoms with E-state index in [0.29, 0.717) is 12.1 Å². The highest BCUT2D eigenvalue weighted by molar-refractivity contribution is 5.06. The second-order valence-electron chi connectivity index (χ2n) is 4.65. The molecule has 1 aliphatic rings. The van der Waals surface area contributed by atoms with Crippen LogP contribution in [0, 0.1) is 0 Å². The average Bonchev–Trinajstić information content (AvgIpc) is 2.67. The molecule has 15 heavy (non-hydrogen) atoms. The Morgan fingerprint density at radius 1 is 1.47 bits per heavy atom. The highest BCUT2D eigenvalue weighted by Gasteiger charge is 2.26. The molecule has 0 saturated carbocycles. The van der Waals surface area contributed by atoms with Crippen LogP contribution in [0.1, 0.15) is 32.4 Å². The van der Waals surface area contributed by atoms with Gasteiger partial charge in [0.1, 0.15) is 0 Å². The number of likely N-dealkylation sites (tertiary alicyclic amines) is 1. The van der Waals surface area contributed by atoms with Crippen molar-refractivity contribution in [2.45, 2.75) is 45.2 Å². The van der Waals surface area contributed by atoms with Crippen LogP contribution in [0.5, 0.6) is 0 Å². The molecule has 0 aliphatic carbocycles. The first-order chi connectivity index (χ1) is 7.27. The molecule has 1 atom stereocenters. The van der Waals surface area contributed by atoms with Crippen LogP contribution in [0.3, 0.4) is 0 Å². The number of pyridine rings is 1. The Hall–Kier alpha value is -0.890. The first-order valence-corrected chi connectivity index (χ1v) is 5.93. The molecule has 1 aromatic rings. The maximum Gasteiger partial charge on any atom is 0.0419 e. The van der Waals surface area contributed by atoms with Gasteiger partial charge >= 0.3 is 0 Å². The van der Waals surface area contributed by atoms with E-state index in [1.807, 2.05) is 12.3 Å². The lowest BCUT2D eigenvalue weighted by Crippen LogP contribution is -2.36. The lowest BCUT2D eigenvalue weighted by Gasteiger charge is -2.28. The quantitative estimate of drug-likeness (QED) is 0.752. The minimum absolute atomic E-state index is 0.668. The van der Waals surface area contributed by atoms with E-state index < -0.39 is 0 Å². The maximum atomic E-state index is 4.41. The zero-order valence-electron chi connectivity index (χ0n) is 9.69. The highest BCUT2D eigenvalue weighted by Crippen LogP contribution is 2.22. The number of rotatable bonds is 3. The van der Waals surface area contributed by atoms with Crippen LogP contribution in [-0.2, 0) is 6.42 Å². The van der Waals surface area contributed by atoms with E-state index in [1.165, 1.54) is 25.1 Å². The third-order valence-electron chi connectivity index (χ3n) is 3.26. The summed E-state index contributed by atoms with van der Waals surface area (Å²) < 4.78 is 0. The lowest BCUT2D eigenvalue weighted by atomic mass is 10.1. The fraction of sp³-hybridized carbons (Fsp3) is 0.615. The van der Waals surface area contributed by atoms with E-state index in [4.69, 9.17) is 0 Å². The zero-order valence-corrected chi connectivity index (χ0v) is 9.69. The van der Waals surface area contributed by atoms with Gasteiger partial charge in [0.05, 0.1) is 0 Å². The molecular weight excluding hydrogens is 184 g/mol. The third-order valence-corrected chi connectivity index (χ3v) is 3.26. The van der Waals surface area contributed by atoms with E-state index >= 15 is 0 Å². The van der Waals surface area contributed by atoms with Crippen LogP contribution in [0.2, 0.25) is 0 Å². The Kier molecular flexibility index (Phi) is 3.37. The van der Waals surface area contributed by atoms with Gasteiger partial charge < -0.3 is 0 Å². The number of hydrogen-bond donors (Lipinski definition) is 0. The molecule has 0 N–H and O–H groups in total. The summed E-state index contributed by atoms with van der Waals surface area (Å²) in [5.74, 6) is 0. The van der Waals surface area contributed by atoms with E-state index in [0.717, 1.165) is 6.42 Å². The number of aromatic nitrogens is 1. The smallest absolute Gasteiger partial charge is 0.0419 e. The van der Waals surface area contributed by atoms with E-state index in [1.54, 1.807) is 0 Å². The summed E-state index contributed by atoms with van der Waals surface area (Å²) in [6.07, 6.45) is 5.67. The van der Waals surface area contributed by atoms with Crippen molar-refractivity contribution in [2.75, 3.05) is 6.54 Å². The molecule has 1 aromatic heterocycles. The molecule has 2 heteroatoms. The second-order valence-corrected chi connectivity index (χ2v) is 4.65. The molecule has 1 fully saturated rings. The Labute approximate surface area is 92.3 Å². The second kappa shape index (κ2) is 4.75. The highest BCUT2D eigenvalue weighted by atomic mass is 15.2. The Bertz CT molecular complexity index is 295. The fourth-order valence-electron chi connectivity index (χ4n) is 2.52. The van der Waals surface area contributed by atoms with Gasteiger partial charge in [-0.05, 0) is 45.4 Å². The van der Waals surface area contributed by atoms with Crippen molar-refractivity contribution >= 4 is 0 Å². The van der Waals surface area contributed by atoms with Gasteiger partial charge in [-0.3, -0.25) is 9.88 Å². The first kappa shape index (κ1) is 10.6. The van der Waals surface area contributed by atoms with Crippen LogP contribution in [0.15, 0.2) is 24.4 Å². The zero-order chi connectivity index (χ0) is 10.7. The molecule has 0 aromatic carbocycles. The number of nitrogens with zero attached hydrogens (tertiary/aromatic N) is 2. The molecule has 2 heterocycles. The van der Waals surface area contributed by atoms with Crippen LogP contribution >= 0.6 is 0 Å². The minimum atomic E-state index is 0.668.